The molecule has 0 saturated carbocycles. The minimum absolute atomic E-state index is 0.0450. The molecule has 2 aromatic carbocycles. The molecule has 0 aromatic heterocycles. The van der Waals surface area contributed by atoms with E-state index in [1.165, 1.54) is 24.3 Å². The average Bonchev–Trinajstić information content (AvgIpc) is 3.39. The number of guanidine groups is 1. The predicted molar refractivity (Wildman–Crippen MR) is 287 cm³/mol. The highest BCUT2D eigenvalue weighted by atomic mass is 32.1. The van der Waals surface area contributed by atoms with E-state index in [0.29, 0.717) is 17.5 Å². The zero-order valence-electron chi connectivity index (χ0n) is 44.2. The number of thiol groups is 1. The first-order chi connectivity index (χ1) is 37.2. The summed E-state index contributed by atoms with van der Waals surface area (Å²) in [4.78, 5) is 149. The fourth-order valence-electron chi connectivity index (χ4n) is 7.40. The maximum atomic E-state index is 14.0. The van der Waals surface area contributed by atoms with Gasteiger partial charge in [0, 0.05) is 31.6 Å². The van der Waals surface area contributed by atoms with E-state index in [2.05, 4.69) is 60.2 Å². The van der Waals surface area contributed by atoms with Gasteiger partial charge in [-0.25, -0.2) is 4.79 Å². The third-order valence-electron chi connectivity index (χ3n) is 12.2. The normalized spacial score (nSPS) is 14.8. The number of aliphatic carboxylic acids is 3. The largest absolute Gasteiger partial charge is 0.508 e. The second-order valence-electron chi connectivity index (χ2n) is 18.8. The molecule has 0 aliphatic heterocycles. The highest BCUT2D eigenvalue weighted by Gasteiger charge is 2.36. The molecule has 8 amide bonds. The van der Waals surface area contributed by atoms with Gasteiger partial charge in [-0.15, -0.1) is 0 Å². The van der Waals surface area contributed by atoms with Gasteiger partial charge in [0.2, 0.25) is 47.3 Å². The van der Waals surface area contributed by atoms with Crippen molar-refractivity contribution in [3.63, 3.8) is 0 Å². The molecule has 2 aromatic rings. The Labute approximate surface area is 461 Å². The Balaban J connectivity index is 2.42. The number of nitrogens with one attached hydrogen (secondary N) is 8. The molecule has 0 fully saturated rings. The highest BCUT2D eigenvalue weighted by Crippen LogP contribution is 2.14. The molecular weight excluding hydrogens is 1060 g/mol. The summed E-state index contributed by atoms with van der Waals surface area (Å²) in [6.07, 6.45) is -2.52. The molecule has 10 atom stereocenters. The van der Waals surface area contributed by atoms with Crippen molar-refractivity contribution in [3.05, 3.63) is 65.7 Å². The second-order valence-corrected chi connectivity index (χ2v) is 19.2. The van der Waals surface area contributed by atoms with E-state index in [0.717, 1.165) is 0 Å². The molecule has 0 unspecified atom stereocenters. The van der Waals surface area contributed by atoms with Crippen molar-refractivity contribution < 1.29 is 78.3 Å². The molecule has 79 heavy (non-hydrogen) atoms. The molecule has 0 heterocycles. The van der Waals surface area contributed by atoms with E-state index >= 15 is 0 Å². The van der Waals surface area contributed by atoms with Crippen LogP contribution in [0.1, 0.15) is 77.3 Å². The molecule has 0 aliphatic carbocycles. The number of aromatic hydroxyl groups is 1. The third-order valence-corrected chi connectivity index (χ3v) is 12.6. The third kappa shape index (κ3) is 24.0. The summed E-state index contributed by atoms with van der Waals surface area (Å²) in [7, 11) is 0. The number of hydrogen-bond acceptors (Lipinski definition) is 16. The maximum Gasteiger partial charge on any atom is 0.326 e. The molecule has 0 spiro atoms. The first-order valence-electron chi connectivity index (χ1n) is 25.1. The number of carboxylic acid groups (broad SMARTS) is 3. The van der Waals surface area contributed by atoms with Crippen LogP contribution in [0.2, 0.25) is 0 Å². The van der Waals surface area contributed by atoms with Crippen LogP contribution < -0.4 is 59.7 Å². The number of amides is 8. The first kappa shape index (κ1) is 67.1. The van der Waals surface area contributed by atoms with Crippen LogP contribution >= 0.6 is 12.6 Å². The Bertz CT molecular complexity index is 2450. The van der Waals surface area contributed by atoms with E-state index < -0.39 is 151 Å². The van der Waals surface area contributed by atoms with Crippen molar-refractivity contribution >= 4 is 83.8 Å². The molecule has 28 nitrogen and oxygen atoms in total. The number of carboxylic acids is 3. The topological polar surface area (TPSA) is 476 Å². The number of aliphatic hydroxyl groups excluding tert-OH is 1. The lowest BCUT2D eigenvalue weighted by Gasteiger charge is -2.28. The molecule has 0 saturated heterocycles. The predicted octanol–water partition coefficient (Wildman–Crippen LogP) is -3.52. The SMILES string of the molecule is CC[C@H](C)[C@H](N)C(=O)N[C@H](C(=O)N[C@@H](Cc1ccccc1)C(=O)N[C@@H](CC(=O)O)C(=O)N[C@@H](CO)C(=O)N[C@@H](CCC(=O)O)C(=O)N[C@@H](Cc1ccc(O)cc1)C(=O)N[C@@H](CS)C(=O)N[C@@H](CCCN=C(N)N)C(=O)O)C(C)C. The van der Waals surface area contributed by atoms with Gasteiger partial charge in [0.05, 0.1) is 19.1 Å². The summed E-state index contributed by atoms with van der Waals surface area (Å²) >= 11 is 4.13. The van der Waals surface area contributed by atoms with Crippen LogP contribution in [0, 0.1) is 11.8 Å². The molecule has 436 valence electrons. The lowest BCUT2D eigenvalue weighted by atomic mass is 9.97. The molecule has 0 radical (unpaired) electrons. The summed E-state index contributed by atoms with van der Waals surface area (Å²) in [6.45, 7) is 5.70. The van der Waals surface area contributed by atoms with Gasteiger partial charge in [-0.2, -0.15) is 12.6 Å². The number of rotatable bonds is 35. The zero-order chi connectivity index (χ0) is 59.5. The fourth-order valence-corrected chi connectivity index (χ4v) is 7.66. The molecule has 0 bridgehead atoms. The minimum Gasteiger partial charge on any atom is -0.508 e. The number of benzene rings is 2. The number of carbonyl (C=O) groups excluding carboxylic acids is 8. The summed E-state index contributed by atoms with van der Waals surface area (Å²) < 4.78 is 0. The van der Waals surface area contributed by atoms with Crippen LogP contribution in [-0.2, 0) is 65.6 Å². The van der Waals surface area contributed by atoms with E-state index in [1.807, 2.05) is 6.92 Å². The summed E-state index contributed by atoms with van der Waals surface area (Å²) in [5, 5.41) is 68.2. The number of hydrogen-bond donors (Lipinski definition) is 17. The van der Waals surface area contributed by atoms with Crippen LogP contribution in [0.5, 0.6) is 5.75 Å². The standard InChI is InChI=1S/C50H74N12O16S/c1-5-26(4)39(51)47(75)62-40(25(2)3)48(76)59-33(20-27-10-7-6-8-11-27)42(70)58-34(22-38(67)68)44(72)60-35(23-63)45(73)55-30(17-18-37(65)66)41(69)57-32(21-28-13-15-29(64)16-14-28)43(71)61-36(24-79)46(74)56-31(49(77)78)12-9-19-54-50(52)53/h6-8,10-11,13-16,25-26,30-36,39-40,63-64,79H,5,9,12,17-24,51H2,1-4H3,(H,55,73)(H,56,74)(H,57,69)(H,58,70)(H,59,76)(H,60,72)(H,61,71)(H,62,75)(H,65,66)(H,67,68)(H,77,78)(H4,52,53,54)/t26-,30-,31-,32-,33-,34-,35-,36-,39-,40-/m0/s1. The van der Waals surface area contributed by atoms with Crippen molar-refractivity contribution in [2.75, 3.05) is 18.9 Å². The number of phenolic OH excluding ortho intramolecular Hbond substituents is 1. The molecule has 0 aliphatic rings. The number of carbonyl (C=O) groups is 11. The zero-order valence-corrected chi connectivity index (χ0v) is 45.1. The lowest BCUT2D eigenvalue weighted by molar-refractivity contribution is -0.142. The fraction of sp³-hybridized carbons (Fsp3) is 0.520. The second kappa shape index (κ2) is 34.0. The van der Waals surface area contributed by atoms with Crippen molar-refractivity contribution in [2.24, 2.45) is 34.0 Å². The summed E-state index contributed by atoms with van der Waals surface area (Å²) in [5.41, 5.74) is 17.6. The van der Waals surface area contributed by atoms with Crippen LogP contribution in [0.4, 0.5) is 0 Å². The van der Waals surface area contributed by atoms with Gasteiger partial charge in [-0.05, 0) is 54.4 Å². The Morgan fingerprint density at radius 3 is 1.54 bits per heavy atom. The Kier molecular flexibility index (Phi) is 28.8. The van der Waals surface area contributed by atoms with Crippen LogP contribution in [0.3, 0.4) is 0 Å². The molecule has 29 heteroatoms. The van der Waals surface area contributed by atoms with Crippen LogP contribution in [-0.4, -0.2) is 170 Å². The van der Waals surface area contributed by atoms with E-state index in [9.17, 15) is 78.3 Å². The average molecular weight is 1130 g/mol. The molecule has 19 N–H and O–H groups in total. The smallest absolute Gasteiger partial charge is 0.326 e. The van der Waals surface area contributed by atoms with Gasteiger partial charge in [-0.3, -0.25) is 52.9 Å². The van der Waals surface area contributed by atoms with Crippen molar-refractivity contribution in [1.29, 1.82) is 0 Å². The minimum atomic E-state index is -2.01. The number of phenols is 1. The number of aliphatic imine (C=N–C) groups is 1. The van der Waals surface area contributed by atoms with E-state index in [4.69, 9.17) is 17.2 Å². The van der Waals surface area contributed by atoms with Crippen molar-refractivity contribution in [1.82, 2.24) is 42.5 Å². The lowest BCUT2D eigenvalue weighted by Crippen LogP contribution is -2.61. The van der Waals surface area contributed by atoms with Gasteiger partial charge >= 0.3 is 17.9 Å². The van der Waals surface area contributed by atoms with E-state index in [1.54, 1.807) is 51.1 Å². The summed E-state index contributed by atoms with van der Waals surface area (Å²) in [6, 6.07) is -0.576. The highest BCUT2D eigenvalue weighted by molar-refractivity contribution is 7.80. The van der Waals surface area contributed by atoms with Crippen LogP contribution in [0.15, 0.2) is 59.6 Å². The van der Waals surface area contributed by atoms with E-state index in [-0.39, 0.29) is 55.6 Å². The Morgan fingerprint density at radius 2 is 1.04 bits per heavy atom. The number of nitrogens with two attached hydrogens (primary N) is 3. The maximum absolute atomic E-state index is 14.0. The number of nitrogens with zero attached hydrogens (tertiary/aromatic N) is 1. The van der Waals surface area contributed by atoms with Crippen LogP contribution in [0.25, 0.3) is 0 Å². The van der Waals surface area contributed by atoms with Gasteiger partial charge in [0.15, 0.2) is 5.96 Å². The number of aliphatic hydroxyl groups is 1. The van der Waals surface area contributed by atoms with Gasteiger partial charge < -0.3 is 85.3 Å². The quantitative estimate of drug-likeness (QED) is 0.0138. The Hall–Kier alpha value is -8.05. The van der Waals surface area contributed by atoms with Crippen molar-refractivity contribution in [3.8, 4) is 5.75 Å². The monoisotopic (exact) mass is 1130 g/mol. The molecule has 2 rings (SSSR count). The summed E-state index contributed by atoms with van der Waals surface area (Å²) in [5.74, 6) is -14.5. The van der Waals surface area contributed by atoms with Gasteiger partial charge in [0.25, 0.3) is 0 Å². The van der Waals surface area contributed by atoms with Crippen molar-refractivity contribution in [2.45, 2.75) is 133 Å². The molecular formula is C50H74N12O16S. The van der Waals surface area contributed by atoms with Gasteiger partial charge in [0.1, 0.15) is 54.1 Å². The first-order valence-corrected chi connectivity index (χ1v) is 25.8. The van der Waals surface area contributed by atoms with Gasteiger partial charge in [-0.1, -0.05) is 76.6 Å². The Morgan fingerprint density at radius 1 is 0.570 bits per heavy atom.